The van der Waals surface area contributed by atoms with Crippen molar-refractivity contribution in [3.05, 3.63) is 23.0 Å². The van der Waals surface area contributed by atoms with E-state index in [2.05, 4.69) is 10.3 Å². The number of halogens is 1. The van der Waals surface area contributed by atoms with Gasteiger partial charge in [-0.15, -0.1) is 0 Å². The Morgan fingerprint density at radius 3 is 2.94 bits per heavy atom. The third kappa shape index (κ3) is 3.18. The van der Waals surface area contributed by atoms with Crippen molar-refractivity contribution in [3.8, 4) is 0 Å². The summed E-state index contributed by atoms with van der Waals surface area (Å²) in [7, 11) is 0. The molecule has 5 heteroatoms. The van der Waals surface area contributed by atoms with Gasteiger partial charge < -0.3 is 11.1 Å². The number of hydrogen-bond acceptors (Lipinski definition) is 3. The Bertz CT molecular complexity index is 361. The zero-order valence-corrected chi connectivity index (χ0v) is 10.2. The van der Waals surface area contributed by atoms with Crippen molar-refractivity contribution < 1.29 is 4.79 Å². The van der Waals surface area contributed by atoms with Crippen LogP contribution in [0.1, 0.15) is 25.3 Å². The van der Waals surface area contributed by atoms with Crippen LogP contribution in [-0.4, -0.2) is 16.9 Å². The van der Waals surface area contributed by atoms with E-state index in [1.54, 1.807) is 12.3 Å². The van der Waals surface area contributed by atoms with Crippen LogP contribution in [0.4, 0.5) is 5.69 Å². The van der Waals surface area contributed by atoms with Crippen LogP contribution < -0.4 is 11.1 Å². The molecule has 0 saturated heterocycles. The number of rotatable bonds is 4. The maximum absolute atomic E-state index is 11.7. The van der Waals surface area contributed by atoms with E-state index in [4.69, 9.17) is 17.3 Å². The zero-order valence-electron chi connectivity index (χ0n) is 9.46. The van der Waals surface area contributed by atoms with Gasteiger partial charge in [0.2, 0.25) is 5.91 Å². The van der Waals surface area contributed by atoms with Gasteiger partial charge in [0, 0.05) is 6.20 Å². The van der Waals surface area contributed by atoms with Crippen LogP contribution in [0.5, 0.6) is 0 Å². The van der Waals surface area contributed by atoms with Gasteiger partial charge in [0.25, 0.3) is 0 Å². The SMILES string of the molecule is CCC[C@H](N)C(=O)Nc1c(C)ccnc1Cl. The van der Waals surface area contributed by atoms with Crippen LogP contribution in [0.2, 0.25) is 5.15 Å². The van der Waals surface area contributed by atoms with Crippen molar-refractivity contribution >= 4 is 23.2 Å². The summed E-state index contributed by atoms with van der Waals surface area (Å²) in [5.74, 6) is -0.222. The second-order valence-electron chi connectivity index (χ2n) is 3.68. The zero-order chi connectivity index (χ0) is 12.1. The minimum atomic E-state index is -0.499. The Labute approximate surface area is 100 Å². The van der Waals surface area contributed by atoms with Gasteiger partial charge in [-0.05, 0) is 25.0 Å². The Morgan fingerprint density at radius 1 is 1.69 bits per heavy atom. The lowest BCUT2D eigenvalue weighted by Crippen LogP contribution is -2.35. The van der Waals surface area contributed by atoms with Gasteiger partial charge in [0.1, 0.15) is 0 Å². The molecule has 1 rings (SSSR count). The molecule has 16 heavy (non-hydrogen) atoms. The molecular weight excluding hydrogens is 226 g/mol. The first kappa shape index (κ1) is 12.9. The monoisotopic (exact) mass is 241 g/mol. The third-order valence-electron chi connectivity index (χ3n) is 2.30. The molecule has 1 aromatic heterocycles. The highest BCUT2D eigenvalue weighted by Crippen LogP contribution is 2.22. The second kappa shape index (κ2) is 5.82. The van der Waals surface area contributed by atoms with Crippen LogP contribution in [0.15, 0.2) is 12.3 Å². The lowest BCUT2D eigenvalue weighted by molar-refractivity contribution is -0.117. The van der Waals surface area contributed by atoms with E-state index in [1.165, 1.54) is 0 Å². The van der Waals surface area contributed by atoms with Crippen molar-refractivity contribution in [2.75, 3.05) is 5.32 Å². The van der Waals surface area contributed by atoms with E-state index in [-0.39, 0.29) is 11.1 Å². The van der Waals surface area contributed by atoms with Gasteiger partial charge in [-0.1, -0.05) is 24.9 Å². The topological polar surface area (TPSA) is 68.0 Å². The lowest BCUT2D eigenvalue weighted by Gasteiger charge is -2.13. The summed E-state index contributed by atoms with van der Waals surface area (Å²) in [5.41, 5.74) is 7.11. The van der Waals surface area contributed by atoms with Crippen LogP contribution in [0, 0.1) is 6.92 Å². The predicted octanol–water partition coefficient (Wildman–Crippen LogP) is 2.11. The Hall–Kier alpha value is -1.13. The molecule has 1 amide bonds. The van der Waals surface area contributed by atoms with Gasteiger partial charge in [-0.25, -0.2) is 4.98 Å². The number of amides is 1. The summed E-state index contributed by atoms with van der Waals surface area (Å²) >= 11 is 5.89. The number of nitrogens with zero attached hydrogens (tertiary/aromatic N) is 1. The number of nitrogens with two attached hydrogens (primary N) is 1. The summed E-state index contributed by atoms with van der Waals surface area (Å²) in [6, 6.07) is 1.29. The molecule has 4 nitrogen and oxygen atoms in total. The molecule has 0 aliphatic carbocycles. The fourth-order valence-corrected chi connectivity index (χ4v) is 1.59. The molecular formula is C11H16ClN3O. The quantitative estimate of drug-likeness (QED) is 0.794. The maximum atomic E-state index is 11.7. The molecule has 0 aromatic carbocycles. The van der Waals surface area contributed by atoms with E-state index < -0.39 is 6.04 Å². The Balaban J connectivity index is 2.77. The predicted molar refractivity (Wildman–Crippen MR) is 65.5 cm³/mol. The first-order valence-corrected chi connectivity index (χ1v) is 5.61. The number of carbonyl (C=O) groups excluding carboxylic acids is 1. The van der Waals surface area contributed by atoms with Crippen molar-refractivity contribution in [1.82, 2.24) is 4.98 Å². The fraction of sp³-hybridized carbons (Fsp3) is 0.455. The Morgan fingerprint density at radius 2 is 2.38 bits per heavy atom. The number of pyridine rings is 1. The first-order valence-electron chi connectivity index (χ1n) is 5.23. The maximum Gasteiger partial charge on any atom is 0.241 e. The number of aromatic nitrogens is 1. The molecule has 0 saturated carbocycles. The molecule has 88 valence electrons. The second-order valence-corrected chi connectivity index (χ2v) is 4.04. The summed E-state index contributed by atoms with van der Waals surface area (Å²) in [6.07, 6.45) is 3.12. The van der Waals surface area contributed by atoms with Crippen LogP contribution in [0.3, 0.4) is 0 Å². The highest BCUT2D eigenvalue weighted by atomic mass is 35.5. The number of hydrogen-bond donors (Lipinski definition) is 2. The molecule has 0 unspecified atom stereocenters. The van der Waals surface area contributed by atoms with Gasteiger partial charge >= 0.3 is 0 Å². The number of carbonyl (C=O) groups is 1. The summed E-state index contributed by atoms with van der Waals surface area (Å²) < 4.78 is 0. The van der Waals surface area contributed by atoms with E-state index in [9.17, 15) is 4.79 Å². The van der Waals surface area contributed by atoms with Gasteiger partial charge in [0.15, 0.2) is 5.15 Å². The van der Waals surface area contributed by atoms with Crippen LogP contribution in [-0.2, 0) is 4.79 Å². The van der Waals surface area contributed by atoms with E-state index in [0.717, 1.165) is 12.0 Å². The normalized spacial score (nSPS) is 12.2. The first-order chi connectivity index (χ1) is 7.56. The van der Waals surface area contributed by atoms with E-state index >= 15 is 0 Å². The molecule has 3 N–H and O–H groups in total. The van der Waals surface area contributed by atoms with Crippen LogP contribution in [0.25, 0.3) is 0 Å². The standard InChI is InChI=1S/C11H16ClN3O/c1-3-4-8(13)11(16)15-9-7(2)5-6-14-10(9)12/h5-6,8H,3-4,13H2,1-2H3,(H,15,16)/t8-/m0/s1. The third-order valence-corrected chi connectivity index (χ3v) is 2.58. The number of nitrogens with one attached hydrogen (secondary N) is 1. The molecule has 1 atom stereocenters. The van der Waals surface area contributed by atoms with Crippen molar-refractivity contribution in [2.24, 2.45) is 5.73 Å². The highest BCUT2D eigenvalue weighted by Gasteiger charge is 2.15. The van der Waals surface area contributed by atoms with Gasteiger partial charge in [0.05, 0.1) is 11.7 Å². The molecule has 0 fully saturated rings. The van der Waals surface area contributed by atoms with Gasteiger partial charge in [-0.2, -0.15) is 0 Å². The fourth-order valence-electron chi connectivity index (χ4n) is 1.33. The average Bonchev–Trinajstić information content (AvgIpc) is 2.23. The van der Waals surface area contributed by atoms with Crippen molar-refractivity contribution in [2.45, 2.75) is 32.7 Å². The van der Waals surface area contributed by atoms with Crippen LogP contribution >= 0.6 is 11.6 Å². The van der Waals surface area contributed by atoms with E-state index in [1.807, 2.05) is 13.8 Å². The number of anilines is 1. The molecule has 1 aromatic rings. The number of aryl methyl sites for hydroxylation is 1. The smallest absolute Gasteiger partial charge is 0.241 e. The molecule has 0 aliphatic heterocycles. The molecule has 0 spiro atoms. The molecule has 0 radical (unpaired) electrons. The largest absolute Gasteiger partial charge is 0.322 e. The van der Waals surface area contributed by atoms with Gasteiger partial charge in [-0.3, -0.25) is 4.79 Å². The van der Waals surface area contributed by atoms with E-state index in [0.29, 0.717) is 12.1 Å². The minimum Gasteiger partial charge on any atom is -0.322 e. The lowest BCUT2D eigenvalue weighted by atomic mass is 10.1. The summed E-state index contributed by atoms with van der Waals surface area (Å²) in [4.78, 5) is 15.6. The highest BCUT2D eigenvalue weighted by molar-refractivity contribution is 6.32. The molecule has 0 bridgehead atoms. The molecule has 1 heterocycles. The Kier molecular flexibility index (Phi) is 4.71. The summed E-state index contributed by atoms with van der Waals surface area (Å²) in [5, 5.41) is 2.99. The van der Waals surface area contributed by atoms with Crippen molar-refractivity contribution in [1.29, 1.82) is 0 Å². The summed E-state index contributed by atoms with van der Waals surface area (Å²) in [6.45, 7) is 3.84. The average molecular weight is 242 g/mol. The molecule has 0 aliphatic rings. The van der Waals surface area contributed by atoms with Crippen molar-refractivity contribution in [3.63, 3.8) is 0 Å². The minimum absolute atomic E-state index is 0.222.